The van der Waals surface area contributed by atoms with Gasteiger partial charge in [0, 0.05) is 12.1 Å². The average molecular weight is 443 g/mol. The summed E-state index contributed by atoms with van der Waals surface area (Å²) < 4.78 is 5.12. The van der Waals surface area contributed by atoms with Gasteiger partial charge in [-0.3, -0.25) is 14.4 Å². The molecule has 1 unspecified atom stereocenters. The lowest BCUT2D eigenvalue weighted by molar-refractivity contribution is -0.197. The van der Waals surface area contributed by atoms with E-state index in [1.54, 1.807) is 24.3 Å². The predicted octanol–water partition coefficient (Wildman–Crippen LogP) is 3.67. The number of amides is 1. The van der Waals surface area contributed by atoms with Crippen LogP contribution in [0.25, 0.3) is 0 Å². The molecule has 2 rings (SSSR count). The largest absolute Gasteiger partial charge is 0.497 e. The molecule has 0 fully saturated rings. The first-order valence-corrected chi connectivity index (χ1v) is 10.6. The molecule has 0 aliphatic heterocycles. The van der Waals surface area contributed by atoms with E-state index < -0.39 is 18.1 Å². The van der Waals surface area contributed by atoms with Crippen molar-refractivity contribution in [3.63, 3.8) is 0 Å². The number of methoxy groups -OCH3 is 1. The number of unbranched alkanes of at least 4 members (excludes halogenated alkanes) is 2. The SMILES string of the molecule is CCCCCC(=O)C([C@H](Nc1ccc(OC)cc1)C(=O)O)N(C=O)OCc1ccccc1. The van der Waals surface area contributed by atoms with E-state index in [1.807, 2.05) is 37.3 Å². The number of benzene rings is 2. The molecule has 2 atom stereocenters. The molecule has 2 aromatic rings. The first kappa shape index (κ1) is 24.9. The van der Waals surface area contributed by atoms with E-state index in [1.165, 1.54) is 7.11 Å². The monoisotopic (exact) mass is 442 g/mol. The van der Waals surface area contributed by atoms with Crippen LogP contribution in [0.1, 0.15) is 38.2 Å². The normalized spacial score (nSPS) is 12.4. The van der Waals surface area contributed by atoms with Gasteiger partial charge in [-0.1, -0.05) is 50.1 Å². The topological polar surface area (TPSA) is 105 Å². The predicted molar refractivity (Wildman–Crippen MR) is 120 cm³/mol. The molecule has 8 heteroatoms. The number of carbonyl (C=O) groups is 3. The van der Waals surface area contributed by atoms with Crippen molar-refractivity contribution < 1.29 is 29.1 Å². The number of nitrogens with zero attached hydrogens (tertiary/aromatic N) is 1. The highest BCUT2D eigenvalue weighted by Gasteiger charge is 2.38. The number of carboxylic acids is 1. The summed E-state index contributed by atoms with van der Waals surface area (Å²) in [6, 6.07) is 13.0. The number of carboxylic acid groups (broad SMARTS) is 1. The summed E-state index contributed by atoms with van der Waals surface area (Å²) in [4.78, 5) is 42.7. The number of rotatable bonds is 15. The summed E-state index contributed by atoms with van der Waals surface area (Å²) in [5.41, 5.74) is 1.25. The van der Waals surface area contributed by atoms with Gasteiger partial charge in [-0.25, -0.2) is 9.86 Å². The molecule has 0 saturated heterocycles. The van der Waals surface area contributed by atoms with Crippen molar-refractivity contribution in [1.82, 2.24) is 5.06 Å². The summed E-state index contributed by atoms with van der Waals surface area (Å²) in [5.74, 6) is -1.05. The Bertz CT molecular complexity index is 857. The van der Waals surface area contributed by atoms with Gasteiger partial charge in [-0.15, -0.1) is 0 Å². The van der Waals surface area contributed by atoms with Gasteiger partial charge < -0.3 is 15.2 Å². The van der Waals surface area contributed by atoms with Crippen molar-refractivity contribution in [2.75, 3.05) is 12.4 Å². The maximum Gasteiger partial charge on any atom is 0.328 e. The fourth-order valence-electron chi connectivity index (χ4n) is 3.21. The molecule has 0 aliphatic rings. The Morgan fingerprint density at radius 2 is 1.78 bits per heavy atom. The van der Waals surface area contributed by atoms with Gasteiger partial charge in [-0.2, -0.15) is 0 Å². The van der Waals surface area contributed by atoms with Gasteiger partial charge in [-0.05, 0) is 36.2 Å². The van der Waals surface area contributed by atoms with Crippen LogP contribution in [-0.2, 0) is 25.8 Å². The molecule has 2 N–H and O–H groups in total. The fraction of sp³-hybridized carbons (Fsp3) is 0.375. The van der Waals surface area contributed by atoms with E-state index in [-0.39, 0.29) is 18.8 Å². The maximum atomic E-state index is 13.1. The van der Waals surface area contributed by atoms with Crippen LogP contribution in [0.15, 0.2) is 54.6 Å². The Morgan fingerprint density at radius 3 is 2.34 bits per heavy atom. The molecule has 172 valence electrons. The average Bonchev–Trinajstić information content (AvgIpc) is 2.81. The Balaban J connectivity index is 2.27. The zero-order chi connectivity index (χ0) is 23.3. The Labute approximate surface area is 188 Å². The second-order valence-corrected chi connectivity index (χ2v) is 7.28. The Morgan fingerprint density at radius 1 is 1.09 bits per heavy atom. The number of nitrogens with one attached hydrogen (secondary N) is 1. The highest BCUT2D eigenvalue weighted by molar-refractivity contribution is 5.93. The Kier molecular flexibility index (Phi) is 10.2. The van der Waals surface area contributed by atoms with Crippen LogP contribution in [0, 0.1) is 0 Å². The molecular formula is C24H30N2O6. The summed E-state index contributed by atoms with van der Waals surface area (Å²) in [6.45, 7) is 2.03. The number of aliphatic carboxylic acids is 1. The molecule has 0 saturated carbocycles. The van der Waals surface area contributed by atoms with Gasteiger partial charge in [0.25, 0.3) is 0 Å². The van der Waals surface area contributed by atoms with E-state index >= 15 is 0 Å². The van der Waals surface area contributed by atoms with Gasteiger partial charge >= 0.3 is 5.97 Å². The highest BCUT2D eigenvalue weighted by Crippen LogP contribution is 2.20. The van der Waals surface area contributed by atoms with Crippen LogP contribution in [-0.4, -0.2) is 47.5 Å². The van der Waals surface area contributed by atoms with E-state index in [0.717, 1.165) is 23.5 Å². The molecule has 0 aromatic heterocycles. The van der Waals surface area contributed by atoms with Crippen LogP contribution in [0.5, 0.6) is 5.75 Å². The third kappa shape index (κ3) is 7.39. The van der Waals surface area contributed by atoms with E-state index in [0.29, 0.717) is 24.3 Å². The highest BCUT2D eigenvalue weighted by atomic mass is 16.7. The quantitative estimate of drug-likeness (QED) is 0.246. The molecular weight excluding hydrogens is 412 g/mol. The van der Waals surface area contributed by atoms with Crippen LogP contribution in [0.3, 0.4) is 0 Å². The van der Waals surface area contributed by atoms with Crippen LogP contribution in [0.4, 0.5) is 5.69 Å². The number of hydrogen-bond donors (Lipinski definition) is 2. The second-order valence-electron chi connectivity index (χ2n) is 7.28. The van der Waals surface area contributed by atoms with Gasteiger partial charge in [0.2, 0.25) is 6.41 Å². The molecule has 0 radical (unpaired) electrons. The smallest absolute Gasteiger partial charge is 0.328 e. The fourth-order valence-corrected chi connectivity index (χ4v) is 3.21. The third-order valence-electron chi connectivity index (χ3n) is 4.95. The number of anilines is 1. The first-order chi connectivity index (χ1) is 15.5. The minimum Gasteiger partial charge on any atom is -0.497 e. The van der Waals surface area contributed by atoms with Crippen molar-refractivity contribution in [2.45, 2.75) is 51.3 Å². The minimum absolute atomic E-state index is 0.0210. The lowest BCUT2D eigenvalue weighted by Crippen LogP contribution is -2.54. The molecule has 0 bridgehead atoms. The lowest BCUT2D eigenvalue weighted by Gasteiger charge is -2.31. The van der Waals surface area contributed by atoms with Crippen molar-refractivity contribution in [3.8, 4) is 5.75 Å². The zero-order valence-corrected chi connectivity index (χ0v) is 18.4. The van der Waals surface area contributed by atoms with Crippen LogP contribution >= 0.6 is 0 Å². The number of Topliss-reactive ketones (excluding diaryl/α,β-unsaturated/α-hetero) is 1. The zero-order valence-electron chi connectivity index (χ0n) is 18.4. The molecule has 32 heavy (non-hydrogen) atoms. The van der Waals surface area contributed by atoms with E-state index in [9.17, 15) is 19.5 Å². The summed E-state index contributed by atoms with van der Waals surface area (Å²) >= 11 is 0. The Hall–Kier alpha value is -3.39. The first-order valence-electron chi connectivity index (χ1n) is 10.6. The molecule has 8 nitrogen and oxygen atoms in total. The third-order valence-corrected chi connectivity index (χ3v) is 4.95. The standard InChI is InChI=1S/C24H30N2O6/c1-3-4-6-11-21(28)23(26(17-27)32-16-18-9-7-5-8-10-18)22(24(29)30)25-19-12-14-20(31-2)15-13-19/h5,7-10,12-15,17,22-23,25H,3-4,6,11,16H2,1-2H3,(H,29,30)/t22-,23?/m0/s1. The number of ether oxygens (including phenoxy) is 1. The van der Waals surface area contributed by atoms with E-state index in [2.05, 4.69) is 5.32 Å². The van der Waals surface area contributed by atoms with Gasteiger partial charge in [0.05, 0.1) is 7.11 Å². The number of ketones is 1. The second kappa shape index (κ2) is 13.1. The molecule has 1 amide bonds. The maximum absolute atomic E-state index is 13.1. The number of hydrogen-bond acceptors (Lipinski definition) is 6. The number of carbonyl (C=O) groups excluding carboxylic acids is 2. The molecule has 2 aromatic carbocycles. The van der Waals surface area contributed by atoms with Crippen molar-refractivity contribution in [3.05, 3.63) is 60.2 Å². The molecule has 0 heterocycles. The molecule has 0 spiro atoms. The summed E-state index contributed by atoms with van der Waals surface area (Å²) in [5, 5.41) is 13.6. The van der Waals surface area contributed by atoms with Crippen molar-refractivity contribution in [1.29, 1.82) is 0 Å². The minimum atomic E-state index is -1.40. The number of hydroxylamine groups is 2. The van der Waals surface area contributed by atoms with Crippen molar-refractivity contribution >= 4 is 23.9 Å². The van der Waals surface area contributed by atoms with E-state index in [4.69, 9.17) is 9.57 Å². The van der Waals surface area contributed by atoms with Gasteiger partial charge in [0.15, 0.2) is 11.8 Å². The van der Waals surface area contributed by atoms with Gasteiger partial charge in [0.1, 0.15) is 18.4 Å². The molecule has 0 aliphatic carbocycles. The summed E-state index contributed by atoms with van der Waals surface area (Å²) in [6.07, 6.45) is 2.84. The van der Waals surface area contributed by atoms with Crippen LogP contribution < -0.4 is 10.1 Å². The van der Waals surface area contributed by atoms with Crippen LogP contribution in [0.2, 0.25) is 0 Å². The van der Waals surface area contributed by atoms with Crippen molar-refractivity contribution in [2.24, 2.45) is 0 Å². The lowest BCUT2D eigenvalue weighted by atomic mass is 9.98. The summed E-state index contributed by atoms with van der Waals surface area (Å²) in [7, 11) is 1.53.